The Morgan fingerprint density at radius 2 is 2.23 bits per heavy atom. The van der Waals surface area contributed by atoms with Crippen molar-refractivity contribution in [3.63, 3.8) is 0 Å². The Hall–Kier alpha value is -0.830. The zero-order chi connectivity index (χ0) is 9.84. The van der Waals surface area contributed by atoms with Gasteiger partial charge in [-0.15, -0.1) is 0 Å². The molecule has 0 spiro atoms. The predicted octanol–water partition coefficient (Wildman–Crippen LogP) is 2.04. The van der Waals surface area contributed by atoms with E-state index in [9.17, 15) is 0 Å². The fourth-order valence-corrected chi connectivity index (χ4v) is 1.02. The van der Waals surface area contributed by atoms with E-state index < -0.39 is 0 Å². The lowest BCUT2D eigenvalue weighted by atomic mass is 9.84. The van der Waals surface area contributed by atoms with Crippen LogP contribution in [0.1, 0.15) is 33.1 Å². The van der Waals surface area contributed by atoms with Crippen molar-refractivity contribution in [3.8, 4) is 0 Å². The van der Waals surface area contributed by atoms with Gasteiger partial charge >= 0.3 is 0 Å². The van der Waals surface area contributed by atoms with Crippen LogP contribution < -0.4 is 5.73 Å². The van der Waals surface area contributed by atoms with Crippen LogP contribution in [-0.4, -0.2) is 11.8 Å². The number of oxime groups is 1. The van der Waals surface area contributed by atoms with Gasteiger partial charge in [-0.3, -0.25) is 0 Å². The lowest BCUT2D eigenvalue weighted by Gasteiger charge is -2.25. The average molecular weight is 182 g/mol. The lowest BCUT2D eigenvalue weighted by molar-refractivity contribution is 0.155. The molecule has 2 N–H and O–H groups in total. The first-order valence-corrected chi connectivity index (χ1v) is 4.77. The van der Waals surface area contributed by atoms with Crippen molar-refractivity contribution >= 4 is 5.71 Å². The summed E-state index contributed by atoms with van der Waals surface area (Å²) in [4.78, 5) is 5.18. The number of nitrogens with two attached hydrogens (primary N) is 1. The molecule has 3 heteroatoms. The standard InChI is InChI=1S/C10H18N2O/c1-7(11)8(2)12-13-9(3)10-5-4-6-10/h7,10H,3-6,11H2,1-2H3/b12-8+/t7-/m0/s1. The Kier molecular flexibility index (Phi) is 3.48. The highest BCUT2D eigenvalue weighted by molar-refractivity contribution is 5.86. The van der Waals surface area contributed by atoms with E-state index in [1.54, 1.807) is 0 Å². The van der Waals surface area contributed by atoms with Crippen LogP contribution in [0.2, 0.25) is 0 Å². The topological polar surface area (TPSA) is 47.6 Å². The second-order valence-electron chi connectivity index (χ2n) is 3.71. The predicted molar refractivity (Wildman–Crippen MR) is 54.3 cm³/mol. The summed E-state index contributed by atoms with van der Waals surface area (Å²) in [6.07, 6.45) is 3.65. The summed E-state index contributed by atoms with van der Waals surface area (Å²) in [6, 6.07) is -0.0470. The summed E-state index contributed by atoms with van der Waals surface area (Å²) in [5.74, 6) is 1.30. The van der Waals surface area contributed by atoms with Gasteiger partial charge < -0.3 is 10.6 Å². The van der Waals surface area contributed by atoms with Gasteiger partial charge in [0.15, 0.2) is 0 Å². The van der Waals surface area contributed by atoms with Crippen molar-refractivity contribution in [3.05, 3.63) is 12.3 Å². The quantitative estimate of drug-likeness (QED) is 0.411. The Labute approximate surface area is 79.6 Å². The molecular weight excluding hydrogens is 164 g/mol. The van der Waals surface area contributed by atoms with Gasteiger partial charge in [0.1, 0.15) is 5.76 Å². The minimum Gasteiger partial charge on any atom is -0.362 e. The van der Waals surface area contributed by atoms with E-state index >= 15 is 0 Å². The molecule has 0 radical (unpaired) electrons. The van der Waals surface area contributed by atoms with Crippen LogP contribution in [0.15, 0.2) is 17.5 Å². The number of hydrogen-bond acceptors (Lipinski definition) is 3. The molecule has 0 aromatic rings. The fraction of sp³-hybridized carbons (Fsp3) is 0.700. The summed E-state index contributed by atoms with van der Waals surface area (Å²) in [6.45, 7) is 7.58. The zero-order valence-electron chi connectivity index (χ0n) is 8.42. The number of allylic oxidation sites excluding steroid dienone is 1. The van der Waals surface area contributed by atoms with E-state index in [2.05, 4.69) is 11.7 Å². The maximum atomic E-state index is 5.60. The maximum absolute atomic E-state index is 5.60. The summed E-state index contributed by atoms with van der Waals surface area (Å²) < 4.78 is 0. The van der Waals surface area contributed by atoms with Crippen LogP contribution in [0, 0.1) is 5.92 Å². The van der Waals surface area contributed by atoms with Gasteiger partial charge in [-0.25, -0.2) is 0 Å². The van der Waals surface area contributed by atoms with Crippen molar-refractivity contribution < 1.29 is 4.84 Å². The first-order valence-electron chi connectivity index (χ1n) is 4.77. The molecule has 0 bridgehead atoms. The van der Waals surface area contributed by atoms with Gasteiger partial charge in [-0.1, -0.05) is 18.2 Å². The third kappa shape index (κ3) is 2.84. The first-order chi connectivity index (χ1) is 6.11. The molecule has 1 atom stereocenters. The Morgan fingerprint density at radius 1 is 1.62 bits per heavy atom. The van der Waals surface area contributed by atoms with Gasteiger partial charge in [-0.05, 0) is 26.7 Å². The summed E-state index contributed by atoms with van der Waals surface area (Å²) in [7, 11) is 0. The molecule has 0 aromatic heterocycles. The van der Waals surface area contributed by atoms with Crippen LogP contribution in [0.5, 0.6) is 0 Å². The number of hydrogen-bond donors (Lipinski definition) is 1. The second kappa shape index (κ2) is 4.42. The van der Waals surface area contributed by atoms with Crippen LogP contribution in [0.4, 0.5) is 0 Å². The molecule has 1 saturated carbocycles. The Morgan fingerprint density at radius 3 is 2.62 bits per heavy atom. The third-order valence-corrected chi connectivity index (χ3v) is 2.53. The van der Waals surface area contributed by atoms with Crippen LogP contribution in [-0.2, 0) is 4.84 Å². The van der Waals surface area contributed by atoms with Gasteiger partial charge in [0.05, 0.1) is 5.71 Å². The molecule has 1 aliphatic carbocycles. The highest BCUT2D eigenvalue weighted by Gasteiger charge is 2.22. The highest BCUT2D eigenvalue weighted by atomic mass is 16.6. The van der Waals surface area contributed by atoms with Crippen molar-refractivity contribution in [1.82, 2.24) is 0 Å². The summed E-state index contributed by atoms with van der Waals surface area (Å²) >= 11 is 0. The molecule has 3 nitrogen and oxygen atoms in total. The van der Waals surface area contributed by atoms with Crippen molar-refractivity contribution in [2.45, 2.75) is 39.2 Å². The number of nitrogens with zero attached hydrogens (tertiary/aromatic N) is 1. The molecule has 0 aliphatic heterocycles. The van der Waals surface area contributed by atoms with E-state index in [4.69, 9.17) is 10.6 Å². The molecule has 1 rings (SSSR count). The number of rotatable bonds is 4. The molecule has 13 heavy (non-hydrogen) atoms. The van der Waals surface area contributed by atoms with Gasteiger partial charge in [0.2, 0.25) is 0 Å². The molecule has 1 aliphatic rings. The summed E-state index contributed by atoms with van der Waals surface area (Å²) in [5, 5.41) is 3.92. The van der Waals surface area contributed by atoms with E-state index in [1.165, 1.54) is 19.3 Å². The van der Waals surface area contributed by atoms with Crippen LogP contribution in [0.25, 0.3) is 0 Å². The van der Waals surface area contributed by atoms with Gasteiger partial charge in [-0.2, -0.15) is 0 Å². The molecule has 74 valence electrons. The minimum absolute atomic E-state index is 0.0470. The third-order valence-electron chi connectivity index (χ3n) is 2.53. The minimum atomic E-state index is -0.0470. The smallest absolute Gasteiger partial charge is 0.130 e. The van der Waals surface area contributed by atoms with Crippen LogP contribution >= 0.6 is 0 Å². The highest BCUT2D eigenvalue weighted by Crippen LogP contribution is 2.32. The van der Waals surface area contributed by atoms with Gasteiger partial charge in [0.25, 0.3) is 0 Å². The zero-order valence-corrected chi connectivity index (χ0v) is 8.42. The molecule has 0 saturated heterocycles. The Bertz CT molecular complexity index is 217. The van der Waals surface area contributed by atoms with Crippen LogP contribution in [0.3, 0.4) is 0 Å². The molecule has 0 aromatic carbocycles. The SMILES string of the molecule is C=C(O/N=C(\C)[C@H](C)N)C1CCC1. The second-order valence-corrected chi connectivity index (χ2v) is 3.71. The van der Waals surface area contributed by atoms with E-state index in [-0.39, 0.29) is 6.04 Å². The van der Waals surface area contributed by atoms with Crippen molar-refractivity contribution in [2.24, 2.45) is 16.8 Å². The average Bonchev–Trinajstić information content (AvgIpc) is 1.96. The Balaban J connectivity index is 2.31. The summed E-state index contributed by atoms with van der Waals surface area (Å²) in [5.41, 5.74) is 6.41. The van der Waals surface area contributed by atoms with E-state index in [1.807, 2.05) is 13.8 Å². The normalized spacial score (nSPS) is 20.7. The molecule has 0 unspecified atom stereocenters. The molecule has 0 amide bonds. The van der Waals surface area contributed by atoms with E-state index in [0.29, 0.717) is 5.92 Å². The van der Waals surface area contributed by atoms with E-state index in [0.717, 1.165) is 11.5 Å². The van der Waals surface area contributed by atoms with Gasteiger partial charge in [0, 0.05) is 12.0 Å². The van der Waals surface area contributed by atoms with Crippen molar-refractivity contribution in [1.29, 1.82) is 0 Å². The monoisotopic (exact) mass is 182 g/mol. The van der Waals surface area contributed by atoms with Crippen molar-refractivity contribution in [2.75, 3.05) is 0 Å². The molecule has 1 fully saturated rings. The maximum Gasteiger partial charge on any atom is 0.130 e. The molecule has 0 heterocycles. The lowest BCUT2D eigenvalue weighted by Crippen LogP contribution is -2.24. The first kappa shape index (κ1) is 10.3. The fourth-order valence-electron chi connectivity index (χ4n) is 1.02. The largest absolute Gasteiger partial charge is 0.362 e. The molecular formula is C10H18N2O.